The van der Waals surface area contributed by atoms with Gasteiger partial charge in [0.25, 0.3) is 0 Å². The van der Waals surface area contributed by atoms with Crippen molar-refractivity contribution in [3.05, 3.63) is 114 Å². The minimum Gasteiger partial charge on any atom is -0.497 e. The molecule has 184 valence electrons. The summed E-state index contributed by atoms with van der Waals surface area (Å²) in [6, 6.07) is 16.6. The third-order valence-corrected chi connectivity index (χ3v) is 5.48. The van der Waals surface area contributed by atoms with Crippen LogP contribution in [0.25, 0.3) is 6.08 Å². The molecule has 36 heavy (non-hydrogen) atoms. The Morgan fingerprint density at radius 1 is 1.06 bits per heavy atom. The van der Waals surface area contributed by atoms with E-state index in [1.165, 1.54) is 29.5 Å². The van der Waals surface area contributed by atoms with Crippen molar-refractivity contribution in [1.82, 2.24) is 14.8 Å². The van der Waals surface area contributed by atoms with E-state index in [1.54, 1.807) is 61.7 Å². The van der Waals surface area contributed by atoms with E-state index >= 15 is 0 Å². The lowest BCUT2D eigenvalue weighted by molar-refractivity contribution is -0.0297. The fourth-order valence-corrected chi connectivity index (χ4v) is 3.56. The van der Waals surface area contributed by atoms with Gasteiger partial charge in [-0.05, 0) is 54.1 Å². The van der Waals surface area contributed by atoms with Gasteiger partial charge >= 0.3 is 0 Å². The maximum absolute atomic E-state index is 14.5. The number of aliphatic hydroxyl groups is 1. The molecule has 0 aliphatic heterocycles. The molecule has 0 aliphatic rings. The Morgan fingerprint density at radius 2 is 1.78 bits per heavy atom. The van der Waals surface area contributed by atoms with Crippen LogP contribution in [-0.4, -0.2) is 39.4 Å². The van der Waals surface area contributed by atoms with Gasteiger partial charge in [0.15, 0.2) is 5.78 Å². The number of benzene rings is 3. The molecular weight excluding hydrogens is 468 g/mol. The van der Waals surface area contributed by atoms with Crippen molar-refractivity contribution >= 4 is 11.9 Å². The lowest BCUT2D eigenvalue weighted by Gasteiger charge is -2.29. The van der Waals surface area contributed by atoms with Gasteiger partial charge in [0.05, 0.1) is 13.7 Å². The first-order chi connectivity index (χ1) is 17.4. The molecule has 0 radical (unpaired) electrons. The van der Waals surface area contributed by atoms with Crippen molar-refractivity contribution < 1.29 is 28.2 Å². The van der Waals surface area contributed by atoms with Crippen LogP contribution < -0.4 is 9.47 Å². The van der Waals surface area contributed by atoms with E-state index in [2.05, 4.69) is 10.1 Å². The summed E-state index contributed by atoms with van der Waals surface area (Å²) in [5, 5.41) is 15.3. The lowest BCUT2D eigenvalue weighted by atomic mass is 9.94. The predicted molar refractivity (Wildman–Crippen MR) is 129 cm³/mol. The molecule has 9 heteroatoms. The van der Waals surface area contributed by atoms with Crippen LogP contribution in [0.5, 0.6) is 11.5 Å². The fraction of sp³-hybridized carbons (Fsp3) is 0.148. The Bertz CT molecular complexity index is 1340. The molecule has 0 spiro atoms. The van der Waals surface area contributed by atoms with Crippen molar-refractivity contribution in [3.63, 3.8) is 0 Å². The van der Waals surface area contributed by atoms with Gasteiger partial charge in [-0.3, -0.25) is 4.79 Å². The number of allylic oxidation sites excluding steroid dienone is 1. The maximum atomic E-state index is 14.5. The van der Waals surface area contributed by atoms with E-state index in [9.17, 15) is 18.7 Å². The van der Waals surface area contributed by atoms with Crippen molar-refractivity contribution in [2.24, 2.45) is 0 Å². The van der Waals surface area contributed by atoms with Gasteiger partial charge in [-0.25, -0.2) is 18.4 Å². The molecule has 1 N–H and O–H groups in total. The Hall–Kier alpha value is -4.37. The molecule has 1 heterocycles. The topological polar surface area (TPSA) is 86.5 Å². The maximum Gasteiger partial charge on any atom is 0.185 e. The highest BCUT2D eigenvalue weighted by molar-refractivity contribution is 6.06. The van der Waals surface area contributed by atoms with E-state index in [-0.39, 0.29) is 24.5 Å². The van der Waals surface area contributed by atoms with Crippen LogP contribution in [0.3, 0.4) is 0 Å². The average molecular weight is 491 g/mol. The number of carbonyl (C=O) groups is 1. The summed E-state index contributed by atoms with van der Waals surface area (Å²) in [5.74, 6) is -0.732. The van der Waals surface area contributed by atoms with Gasteiger partial charge in [0.1, 0.15) is 48.0 Å². The summed E-state index contributed by atoms with van der Waals surface area (Å²) in [4.78, 5) is 16.2. The molecular formula is C27H23F2N3O4. The Kier molecular flexibility index (Phi) is 7.50. The molecule has 0 aliphatic carbocycles. The van der Waals surface area contributed by atoms with E-state index in [4.69, 9.17) is 9.47 Å². The second-order valence-electron chi connectivity index (χ2n) is 8.03. The molecule has 0 amide bonds. The zero-order valence-corrected chi connectivity index (χ0v) is 19.3. The quantitative estimate of drug-likeness (QED) is 0.261. The molecule has 4 aromatic rings. The van der Waals surface area contributed by atoms with Crippen LogP contribution in [0, 0.1) is 11.6 Å². The number of aromatic nitrogens is 3. The third kappa shape index (κ3) is 6.00. The molecule has 1 aromatic heterocycles. The van der Waals surface area contributed by atoms with Crippen LogP contribution in [0.4, 0.5) is 8.78 Å². The van der Waals surface area contributed by atoms with Gasteiger partial charge in [0, 0.05) is 17.2 Å². The van der Waals surface area contributed by atoms with Crippen LogP contribution in [0.2, 0.25) is 0 Å². The number of nitrogens with zero attached hydrogens (tertiary/aromatic N) is 3. The van der Waals surface area contributed by atoms with Gasteiger partial charge < -0.3 is 14.6 Å². The summed E-state index contributed by atoms with van der Waals surface area (Å²) in [5.41, 5.74) is -0.691. The van der Waals surface area contributed by atoms with Crippen molar-refractivity contribution in [3.8, 4) is 11.5 Å². The van der Waals surface area contributed by atoms with Crippen molar-refractivity contribution in [1.29, 1.82) is 0 Å². The Labute approximate surface area is 206 Å². The SMILES string of the molecule is COc1ccc(C(=O)/C=C/c2ccc(OCC(O)(Cn3cncn3)c3ccc(F)cc3F)cc2)cc1. The standard InChI is InChI=1S/C27H23F2N3O4/c1-35-22-10-5-20(6-11-22)26(33)13-4-19-2-8-23(9-3-19)36-16-27(34,15-32-18-30-17-31-32)24-12-7-21(28)14-25(24)29/h2-14,17-18,34H,15-16H2,1H3/b13-4+. The predicted octanol–water partition coefficient (Wildman–Crippen LogP) is 4.43. The molecule has 0 saturated heterocycles. The first-order valence-corrected chi connectivity index (χ1v) is 11.0. The molecule has 0 bridgehead atoms. The number of halogens is 2. The van der Waals surface area contributed by atoms with Crippen LogP contribution in [-0.2, 0) is 12.1 Å². The number of methoxy groups -OCH3 is 1. The number of ketones is 1. The first-order valence-electron chi connectivity index (χ1n) is 11.0. The van der Waals surface area contributed by atoms with E-state index < -0.39 is 17.2 Å². The molecule has 7 nitrogen and oxygen atoms in total. The van der Waals surface area contributed by atoms with E-state index in [0.29, 0.717) is 23.1 Å². The Balaban J connectivity index is 1.44. The first kappa shape index (κ1) is 24.7. The third-order valence-electron chi connectivity index (χ3n) is 5.48. The summed E-state index contributed by atoms with van der Waals surface area (Å²) < 4.78 is 40.1. The summed E-state index contributed by atoms with van der Waals surface area (Å²) in [6.07, 6.45) is 5.80. The van der Waals surface area contributed by atoms with E-state index in [1.807, 2.05) is 0 Å². The monoisotopic (exact) mass is 491 g/mol. The highest BCUT2D eigenvalue weighted by Gasteiger charge is 2.34. The lowest BCUT2D eigenvalue weighted by Crippen LogP contribution is -2.39. The molecule has 1 atom stereocenters. The number of ether oxygens (including phenoxy) is 2. The smallest absolute Gasteiger partial charge is 0.185 e. The minimum atomic E-state index is -1.85. The van der Waals surface area contributed by atoms with Crippen LogP contribution >= 0.6 is 0 Å². The average Bonchev–Trinajstić information content (AvgIpc) is 3.39. The molecule has 0 saturated carbocycles. The minimum absolute atomic E-state index is 0.129. The summed E-state index contributed by atoms with van der Waals surface area (Å²) in [6.45, 7) is -0.496. The van der Waals surface area contributed by atoms with Gasteiger partial charge in [-0.2, -0.15) is 5.10 Å². The normalized spacial score (nSPS) is 12.9. The molecule has 4 rings (SSSR count). The number of hydrogen-bond donors (Lipinski definition) is 1. The second kappa shape index (κ2) is 10.9. The zero-order chi connectivity index (χ0) is 25.5. The number of carbonyl (C=O) groups excluding carboxylic acids is 1. The molecule has 0 fully saturated rings. The van der Waals surface area contributed by atoms with Crippen LogP contribution in [0.1, 0.15) is 21.5 Å². The van der Waals surface area contributed by atoms with Crippen molar-refractivity contribution in [2.75, 3.05) is 13.7 Å². The highest BCUT2D eigenvalue weighted by atomic mass is 19.1. The zero-order valence-electron chi connectivity index (χ0n) is 19.3. The largest absolute Gasteiger partial charge is 0.497 e. The van der Waals surface area contributed by atoms with Gasteiger partial charge in [0.2, 0.25) is 0 Å². The summed E-state index contributed by atoms with van der Waals surface area (Å²) >= 11 is 0. The van der Waals surface area contributed by atoms with Crippen molar-refractivity contribution in [2.45, 2.75) is 12.1 Å². The number of hydrogen-bond acceptors (Lipinski definition) is 6. The second-order valence-corrected chi connectivity index (χ2v) is 8.03. The number of rotatable bonds is 10. The highest BCUT2D eigenvalue weighted by Crippen LogP contribution is 2.28. The van der Waals surface area contributed by atoms with Gasteiger partial charge in [-0.1, -0.05) is 24.3 Å². The molecule has 1 unspecified atom stereocenters. The van der Waals surface area contributed by atoms with Gasteiger partial charge in [-0.15, -0.1) is 0 Å². The van der Waals surface area contributed by atoms with E-state index in [0.717, 1.165) is 11.6 Å². The summed E-state index contributed by atoms with van der Waals surface area (Å²) in [7, 11) is 1.56. The van der Waals surface area contributed by atoms with Crippen LogP contribution in [0.15, 0.2) is 85.5 Å². The molecule has 3 aromatic carbocycles. The Morgan fingerprint density at radius 3 is 2.42 bits per heavy atom. The fourth-order valence-electron chi connectivity index (χ4n) is 3.56.